The number of nitrogens with zero attached hydrogens (tertiary/aromatic N) is 1. The lowest BCUT2D eigenvalue weighted by molar-refractivity contribution is 0.414. The van der Waals surface area contributed by atoms with E-state index in [2.05, 4.69) is 41.6 Å². The zero-order valence-corrected chi connectivity index (χ0v) is 21.4. The highest BCUT2D eigenvalue weighted by atomic mass is 127. The van der Waals surface area contributed by atoms with Gasteiger partial charge in [0.1, 0.15) is 5.75 Å². The molecule has 2 aromatic rings. The molecule has 0 heterocycles. The van der Waals surface area contributed by atoms with Crippen molar-refractivity contribution in [2.24, 2.45) is 4.99 Å². The molecule has 0 bridgehead atoms. The summed E-state index contributed by atoms with van der Waals surface area (Å²) < 4.78 is 28.3. The van der Waals surface area contributed by atoms with Gasteiger partial charge in [-0.3, -0.25) is 4.99 Å². The maximum Gasteiger partial charge on any atom is 0.191 e. The van der Waals surface area contributed by atoms with E-state index < -0.39 is 9.84 Å². The van der Waals surface area contributed by atoms with Crippen LogP contribution < -0.4 is 15.4 Å². The minimum absolute atomic E-state index is 0. The van der Waals surface area contributed by atoms with Crippen LogP contribution in [0.2, 0.25) is 0 Å². The first-order valence-corrected chi connectivity index (χ1v) is 11.4. The maximum absolute atomic E-state index is 11.5. The molecule has 30 heavy (non-hydrogen) atoms. The number of methoxy groups -OCH3 is 1. The van der Waals surface area contributed by atoms with Crippen LogP contribution in [-0.2, 0) is 21.7 Å². The Morgan fingerprint density at radius 2 is 1.63 bits per heavy atom. The molecule has 0 amide bonds. The predicted octanol–water partition coefficient (Wildman–Crippen LogP) is 3.40. The molecule has 8 heteroatoms. The molecule has 0 radical (unpaired) electrons. The lowest BCUT2D eigenvalue weighted by Gasteiger charge is -2.27. The summed E-state index contributed by atoms with van der Waals surface area (Å²) in [6.45, 7) is 5.78. The van der Waals surface area contributed by atoms with Crippen molar-refractivity contribution >= 4 is 39.8 Å². The monoisotopic (exact) mass is 545 g/mol. The average Bonchev–Trinajstić information content (AvgIpc) is 2.70. The van der Waals surface area contributed by atoms with Gasteiger partial charge in [0.25, 0.3) is 0 Å². The van der Waals surface area contributed by atoms with Crippen LogP contribution in [0.4, 0.5) is 0 Å². The fraction of sp³-hybridized carbons (Fsp3) is 0.409. The molecule has 0 fully saturated rings. The van der Waals surface area contributed by atoms with Gasteiger partial charge in [0.15, 0.2) is 15.8 Å². The zero-order chi connectivity index (χ0) is 21.5. The molecule has 0 aliphatic carbocycles. The molecular weight excluding hydrogens is 513 g/mol. The van der Waals surface area contributed by atoms with Crippen molar-refractivity contribution in [3.8, 4) is 5.75 Å². The third kappa shape index (κ3) is 7.79. The first-order chi connectivity index (χ1) is 13.7. The summed E-state index contributed by atoms with van der Waals surface area (Å²) in [5, 5.41) is 6.69. The predicted molar refractivity (Wildman–Crippen MR) is 134 cm³/mol. The van der Waals surface area contributed by atoms with Crippen LogP contribution in [0, 0.1) is 0 Å². The van der Waals surface area contributed by atoms with Gasteiger partial charge in [0.2, 0.25) is 0 Å². The van der Waals surface area contributed by atoms with Gasteiger partial charge < -0.3 is 15.4 Å². The Labute approximate surface area is 197 Å². The van der Waals surface area contributed by atoms with E-state index in [1.54, 1.807) is 26.3 Å². The highest BCUT2D eigenvalue weighted by Gasteiger charge is 2.21. The number of halogens is 1. The largest absolute Gasteiger partial charge is 0.497 e. The number of guanidine groups is 1. The Bertz CT molecular complexity index is 925. The van der Waals surface area contributed by atoms with E-state index in [1.807, 2.05) is 24.3 Å². The second-order valence-electron chi connectivity index (χ2n) is 7.63. The van der Waals surface area contributed by atoms with Crippen LogP contribution in [-0.4, -0.2) is 47.9 Å². The van der Waals surface area contributed by atoms with Gasteiger partial charge in [0.05, 0.1) is 12.0 Å². The van der Waals surface area contributed by atoms with Crippen molar-refractivity contribution in [2.75, 3.05) is 33.5 Å². The summed E-state index contributed by atoms with van der Waals surface area (Å²) >= 11 is 0. The van der Waals surface area contributed by atoms with E-state index in [-0.39, 0.29) is 29.4 Å². The van der Waals surface area contributed by atoms with E-state index in [1.165, 1.54) is 11.8 Å². The molecule has 0 spiro atoms. The number of aliphatic imine (C=N–C) groups is 1. The number of rotatable bonds is 8. The third-order valence-corrected chi connectivity index (χ3v) is 5.98. The van der Waals surface area contributed by atoms with Gasteiger partial charge in [-0.1, -0.05) is 38.1 Å². The van der Waals surface area contributed by atoms with Crippen LogP contribution in [0.25, 0.3) is 0 Å². The van der Waals surface area contributed by atoms with E-state index in [0.717, 1.165) is 30.2 Å². The Hall–Kier alpha value is -1.81. The first kappa shape index (κ1) is 26.2. The number of hydrogen-bond donors (Lipinski definition) is 2. The summed E-state index contributed by atoms with van der Waals surface area (Å²) in [4.78, 5) is 4.63. The molecule has 0 atom stereocenters. The molecule has 0 aliphatic heterocycles. The summed E-state index contributed by atoms with van der Waals surface area (Å²) in [7, 11) is 0.253. The lowest BCUT2D eigenvalue weighted by atomic mass is 9.84. The Kier molecular flexibility index (Phi) is 10.1. The highest BCUT2D eigenvalue weighted by Crippen LogP contribution is 2.24. The standard InChI is InChI=1S/C22H31N3O3S.HI/c1-22(2,18-8-10-19(28-4)11-9-18)16-25-21(23-3)24-15-14-17-6-12-20(13-7-17)29(5,26)27;/h6-13H,14-16H2,1-5H3,(H2,23,24,25);1H. The molecule has 6 nitrogen and oxygen atoms in total. The van der Waals surface area contributed by atoms with Crippen molar-refractivity contribution in [3.05, 3.63) is 59.7 Å². The van der Waals surface area contributed by atoms with Gasteiger partial charge >= 0.3 is 0 Å². The Morgan fingerprint density at radius 1 is 1.03 bits per heavy atom. The fourth-order valence-electron chi connectivity index (χ4n) is 2.90. The second-order valence-corrected chi connectivity index (χ2v) is 9.65. The number of ether oxygens (including phenoxy) is 1. The molecule has 2 rings (SSSR count). The fourth-order valence-corrected chi connectivity index (χ4v) is 3.53. The quantitative estimate of drug-likeness (QED) is 0.302. The average molecular weight is 545 g/mol. The van der Waals surface area contributed by atoms with Crippen LogP contribution in [0.5, 0.6) is 5.75 Å². The van der Waals surface area contributed by atoms with Crippen molar-refractivity contribution in [2.45, 2.75) is 30.6 Å². The summed E-state index contributed by atoms with van der Waals surface area (Å²) in [5.41, 5.74) is 2.21. The third-order valence-electron chi connectivity index (χ3n) is 4.85. The normalized spacial score (nSPS) is 12.1. The lowest BCUT2D eigenvalue weighted by Crippen LogP contribution is -2.44. The molecular formula is C22H32IN3O3S. The van der Waals surface area contributed by atoms with Crippen LogP contribution in [0.3, 0.4) is 0 Å². The molecule has 0 saturated carbocycles. The molecule has 0 aromatic heterocycles. The van der Waals surface area contributed by atoms with Crippen molar-refractivity contribution in [1.29, 1.82) is 0 Å². The number of nitrogens with one attached hydrogen (secondary N) is 2. The van der Waals surface area contributed by atoms with Crippen LogP contribution >= 0.6 is 24.0 Å². The molecule has 0 aliphatic rings. The highest BCUT2D eigenvalue weighted by molar-refractivity contribution is 14.0. The van der Waals surface area contributed by atoms with E-state index >= 15 is 0 Å². The minimum atomic E-state index is -3.16. The Balaban J connectivity index is 0.00000450. The first-order valence-electron chi connectivity index (χ1n) is 9.54. The summed E-state index contributed by atoms with van der Waals surface area (Å²) in [6.07, 6.45) is 1.99. The summed E-state index contributed by atoms with van der Waals surface area (Å²) in [5.74, 6) is 1.58. The van der Waals surface area contributed by atoms with E-state index in [0.29, 0.717) is 11.4 Å². The maximum atomic E-state index is 11.5. The van der Waals surface area contributed by atoms with Gasteiger partial charge in [-0.15, -0.1) is 24.0 Å². The molecule has 0 saturated heterocycles. The Morgan fingerprint density at radius 3 is 2.13 bits per heavy atom. The van der Waals surface area contributed by atoms with E-state index in [4.69, 9.17) is 4.74 Å². The summed E-state index contributed by atoms with van der Waals surface area (Å²) in [6, 6.07) is 15.1. The second kappa shape index (κ2) is 11.5. The van der Waals surface area contributed by atoms with Gasteiger partial charge in [-0.05, 0) is 41.8 Å². The topological polar surface area (TPSA) is 79.8 Å². The van der Waals surface area contributed by atoms with Crippen molar-refractivity contribution in [1.82, 2.24) is 10.6 Å². The van der Waals surface area contributed by atoms with Crippen LogP contribution in [0.1, 0.15) is 25.0 Å². The molecule has 2 N–H and O–H groups in total. The minimum Gasteiger partial charge on any atom is -0.497 e. The van der Waals surface area contributed by atoms with Crippen molar-refractivity contribution in [3.63, 3.8) is 0 Å². The SMILES string of the molecule is CN=C(NCCc1ccc(S(C)(=O)=O)cc1)NCC(C)(C)c1ccc(OC)cc1.I. The van der Waals surface area contributed by atoms with Gasteiger partial charge in [0, 0.05) is 31.8 Å². The van der Waals surface area contributed by atoms with Gasteiger partial charge in [-0.25, -0.2) is 8.42 Å². The van der Waals surface area contributed by atoms with Crippen LogP contribution in [0.15, 0.2) is 58.4 Å². The smallest absolute Gasteiger partial charge is 0.191 e. The molecule has 2 aromatic carbocycles. The van der Waals surface area contributed by atoms with E-state index in [9.17, 15) is 8.42 Å². The molecule has 0 unspecified atom stereocenters. The number of benzene rings is 2. The van der Waals surface area contributed by atoms with Crippen molar-refractivity contribution < 1.29 is 13.2 Å². The number of hydrogen-bond acceptors (Lipinski definition) is 4. The number of sulfone groups is 1. The van der Waals surface area contributed by atoms with Gasteiger partial charge in [-0.2, -0.15) is 0 Å². The zero-order valence-electron chi connectivity index (χ0n) is 18.2. The molecule has 166 valence electrons.